The fourth-order valence-corrected chi connectivity index (χ4v) is 4.54. The molecule has 4 heteroatoms. The third-order valence-electron chi connectivity index (χ3n) is 6.33. The van der Waals surface area contributed by atoms with Crippen LogP contribution in [0.4, 0.5) is 34.1 Å². The van der Waals surface area contributed by atoms with Crippen molar-refractivity contribution in [2.75, 3.05) is 9.80 Å². The predicted octanol–water partition coefficient (Wildman–Crippen LogP) is 9.08. The molecule has 0 saturated heterocycles. The van der Waals surface area contributed by atoms with Gasteiger partial charge >= 0.3 is 0 Å². The molecular formula is C34H26N4. The molecule has 38 heavy (non-hydrogen) atoms. The zero-order valence-corrected chi connectivity index (χ0v) is 20.8. The summed E-state index contributed by atoms with van der Waals surface area (Å²) in [6.07, 6.45) is 3.82. The Morgan fingerprint density at radius 2 is 0.579 bits per heavy atom. The van der Waals surface area contributed by atoms with E-state index in [0.717, 1.165) is 45.5 Å². The zero-order valence-electron chi connectivity index (χ0n) is 20.8. The van der Waals surface area contributed by atoms with E-state index in [0.29, 0.717) is 0 Å². The summed E-state index contributed by atoms with van der Waals surface area (Å²) in [5.74, 6) is 0. The number of para-hydroxylation sites is 4. The molecule has 0 amide bonds. The third kappa shape index (κ3) is 4.88. The topological polar surface area (TPSA) is 32.3 Å². The van der Waals surface area contributed by atoms with Crippen molar-refractivity contribution in [3.63, 3.8) is 0 Å². The van der Waals surface area contributed by atoms with Crippen molar-refractivity contribution < 1.29 is 0 Å². The van der Waals surface area contributed by atoms with E-state index in [4.69, 9.17) is 9.97 Å². The van der Waals surface area contributed by atoms with Gasteiger partial charge in [-0.3, -0.25) is 9.97 Å². The Hall–Kier alpha value is -5.22. The van der Waals surface area contributed by atoms with Crippen molar-refractivity contribution in [1.29, 1.82) is 0 Å². The summed E-state index contributed by atoms with van der Waals surface area (Å²) < 4.78 is 0. The molecule has 0 saturated carbocycles. The van der Waals surface area contributed by atoms with Gasteiger partial charge < -0.3 is 9.80 Å². The summed E-state index contributed by atoms with van der Waals surface area (Å²) in [7, 11) is 0. The van der Waals surface area contributed by atoms with Gasteiger partial charge in [-0.25, -0.2) is 0 Å². The Morgan fingerprint density at radius 3 is 0.816 bits per heavy atom. The van der Waals surface area contributed by atoms with Crippen molar-refractivity contribution in [2.45, 2.75) is 0 Å². The molecule has 0 aliphatic carbocycles. The van der Waals surface area contributed by atoms with E-state index in [-0.39, 0.29) is 0 Å². The predicted molar refractivity (Wildman–Crippen MR) is 157 cm³/mol. The van der Waals surface area contributed by atoms with E-state index >= 15 is 0 Å². The molecule has 182 valence electrons. The number of rotatable bonds is 7. The highest BCUT2D eigenvalue weighted by Gasteiger charge is 2.15. The Labute approximate surface area is 223 Å². The van der Waals surface area contributed by atoms with Gasteiger partial charge in [0, 0.05) is 22.7 Å². The van der Waals surface area contributed by atoms with Crippen LogP contribution in [-0.2, 0) is 0 Å². The van der Waals surface area contributed by atoms with Gasteiger partial charge in [-0.05, 0) is 72.8 Å². The molecule has 4 nitrogen and oxygen atoms in total. The normalized spacial score (nSPS) is 10.6. The Morgan fingerprint density at radius 1 is 0.289 bits per heavy atom. The van der Waals surface area contributed by atoms with Gasteiger partial charge in [-0.1, -0.05) is 72.8 Å². The van der Waals surface area contributed by atoms with Crippen LogP contribution in [0.25, 0.3) is 11.4 Å². The van der Waals surface area contributed by atoms with E-state index in [9.17, 15) is 0 Å². The lowest BCUT2D eigenvalue weighted by Crippen LogP contribution is -2.10. The van der Waals surface area contributed by atoms with E-state index in [2.05, 4.69) is 70.5 Å². The minimum absolute atomic E-state index is 0.826. The number of benzene rings is 4. The van der Waals surface area contributed by atoms with Crippen LogP contribution in [0.2, 0.25) is 0 Å². The van der Waals surface area contributed by atoms with Gasteiger partial charge in [0.2, 0.25) is 0 Å². The Bertz CT molecular complexity index is 1370. The fourth-order valence-electron chi connectivity index (χ4n) is 4.54. The first-order valence-electron chi connectivity index (χ1n) is 12.6. The van der Waals surface area contributed by atoms with Crippen molar-refractivity contribution >= 4 is 34.1 Å². The second-order valence-electron chi connectivity index (χ2n) is 8.82. The molecule has 0 unspecified atom stereocenters. The molecule has 0 radical (unpaired) electrons. The average molecular weight is 491 g/mol. The minimum atomic E-state index is 0.826. The monoisotopic (exact) mass is 490 g/mol. The number of hydrogen-bond acceptors (Lipinski definition) is 4. The number of nitrogens with zero attached hydrogens (tertiary/aromatic N) is 4. The summed E-state index contributed by atoms with van der Waals surface area (Å²) in [6, 6.07) is 49.6. The van der Waals surface area contributed by atoms with Gasteiger partial charge in [-0.15, -0.1) is 0 Å². The van der Waals surface area contributed by atoms with Crippen LogP contribution in [-0.4, -0.2) is 9.97 Å². The van der Waals surface area contributed by atoms with Crippen LogP contribution in [0.5, 0.6) is 0 Å². The lowest BCUT2D eigenvalue weighted by atomic mass is 10.1. The van der Waals surface area contributed by atoms with Gasteiger partial charge in [0.1, 0.15) is 0 Å². The van der Waals surface area contributed by atoms with Gasteiger partial charge in [0.25, 0.3) is 0 Å². The molecule has 6 rings (SSSR count). The summed E-state index contributed by atoms with van der Waals surface area (Å²) >= 11 is 0. The van der Waals surface area contributed by atoms with Crippen LogP contribution < -0.4 is 9.80 Å². The number of anilines is 6. The van der Waals surface area contributed by atoms with Crippen molar-refractivity contribution in [2.24, 2.45) is 0 Å². The lowest BCUT2D eigenvalue weighted by Gasteiger charge is -2.25. The maximum atomic E-state index is 4.79. The van der Waals surface area contributed by atoms with E-state index in [1.165, 1.54) is 0 Å². The molecular weight excluding hydrogens is 464 g/mol. The van der Waals surface area contributed by atoms with Crippen LogP contribution in [0.15, 0.2) is 158 Å². The van der Waals surface area contributed by atoms with Crippen LogP contribution in [0.3, 0.4) is 0 Å². The molecule has 0 bridgehead atoms. The zero-order chi connectivity index (χ0) is 25.6. The average Bonchev–Trinajstić information content (AvgIpc) is 3.00. The molecule has 6 aromatic rings. The highest BCUT2D eigenvalue weighted by atomic mass is 15.2. The SMILES string of the molecule is c1ccc(N(c2ccccc2)c2ccc(-c3ccc(N(c4ccccc4)c4ccccc4)cn3)nc2)cc1. The molecule has 0 atom stereocenters. The first-order valence-corrected chi connectivity index (χ1v) is 12.6. The van der Waals surface area contributed by atoms with Crippen LogP contribution in [0, 0.1) is 0 Å². The van der Waals surface area contributed by atoms with Gasteiger partial charge in [0.05, 0.1) is 35.2 Å². The molecule has 0 aliphatic heterocycles. The number of hydrogen-bond donors (Lipinski definition) is 0. The standard InChI is InChI=1S/C34H26N4/c1-5-13-27(14-6-1)37(28-15-7-2-8-16-28)31-21-23-33(35-25-31)34-24-22-32(26-36-34)38(29-17-9-3-10-18-29)30-19-11-4-12-20-30/h1-26H. The Balaban J connectivity index is 1.31. The number of pyridine rings is 2. The minimum Gasteiger partial charge on any atom is -0.309 e. The van der Waals surface area contributed by atoms with Gasteiger partial charge in [0.15, 0.2) is 0 Å². The molecule has 0 fully saturated rings. The van der Waals surface area contributed by atoms with Crippen molar-refractivity contribution in [1.82, 2.24) is 9.97 Å². The van der Waals surface area contributed by atoms with E-state index < -0.39 is 0 Å². The van der Waals surface area contributed by atoms with Crippen molar-refractivity contribution in [3.05, 3.63) is 158 Å². The molecule has 0 N–H and O–H groups in total. The number of aromatic nitrogens is 2. The largest absolute Gasteiger partial charge is 0.309 e. The molecule has 0 aliphatic rings. The lowest BCUT2D eigenvalue weighted by molar-refractivity contribution is 1.19. The second-order valence-corrected chi connectivity index (χ2v) is 8.82. The van der Waals surface area contributed by atoms with E-state index in [1.54, 1.807) is 0 Å². The molecule has 0 spiro atoms. The third-order valence-corrected chi connectivity index (χ3v) is 6.33. The quantitative estimate of drug-likeness (QED) is 0.223. The molecule has 4 aromatic carbocycles. The molecule has 2 heterocycles. The molecule has 2 aromatic heterocycles. The second kappa shape index (κ2) is 10.8. The Kier molecular flexibility index (Phi) is 6.60. The van der Waals surface area contributed by atoms with Gasteiger partial charge in [-0.2, -0.15) is 0 Å². The summed E-state index contributed by atoms with van der Waals surface area (Å²) in [6.45, 7) is 0. The fraction of sp³-hybridized carbons (Fsp3) is 0. The van der Waals surface area contributed by atoms with Crippen LogP contribution in [0.1, 0.15) is 0 Å². The first kappa shape index (κ1) is 23.2. The highest BCUT2D eigenvalue weighted by Crippen LogP contribution is 2.36. The maximum absolute atomic E-state index is 4.79. The summed E-state index contributed by atoms with van der Waals surface area (Å²) in [5.41, 5.74) is 7.95. The summed E-state index contributed by atoms with van der Waals surface area (Å²) in [4.78, 5) is 14.0. The highest BCUT2D eigenvalue weighted by molar-refractivity contribution is 5.78. The first-order chi connectivity index (χ1) is 18.9. The summed E-state index contributed by atoms with van der Waals surface area (Å²) in [5, 5.41) is 0. The smallest absolute Gasteiger partial charge is 0.0887 e. The maximum Gasteiger partial charge on any atom is 0.0887 e. The van der Waals surface area contributed by atoms with Crippen LogP contribution >= 0.6 is 0 Å². The van der Waals surface area contributed by atoms with E-state index in [1.807, 2.05) is 97.3 Å². The van der Waals surface area contributed by atoms with Crippen molar-refractivity contribution in [3.8, 4) is 11.4 Å².